The quantitative estimate of drug-likeness (QED) is 0.769. The van der Waals surface area contributed by atoms with Gasteiger partial charge in [-0.05, 0) is 6.07 Å². The maximum atomic E-state index is 11.9. The van der Waals surface area contributed by atoms with Gasteiger partial charge in [0.2, 0.25) is 5.91 Å². The summed E-state index contributed by atoms with van der Waals surface area (Å²) in [5.74, 6) is -0.646. The monoisotopic (exact) mass is 237 g/mol. The normalized spacial score (nSPS) is 13.5. The molecule has 0 aromatic carbocycles. The van der Waals surface area contributed by atoms with Gasteiger partial charge in [0, 0.05) is 12.4 Å². The summed E-state index contributed by atoms with van der Waals surface area (Å²) in [6.07, 6.45) is -4.33. The third kappa shape index (κ3) is 3.89. The van der Waals surface area contributed by atoms with E-state index in [0.717, 1.165) is 0 Å². The number of rotatable bonds is 4. The zero-order valence-electron chi connectivity index (χ0n) is 8.11. The Labute approximate surface area is 88.9 Å². The molecule has 0 spiro atoms. The van der Waals surface area contributed by atoms with Gasteiger partial charge in [-0.3, -0.25) is 9.48 Å². The van der Waals surface area contributed by atoms with Gasteiger partial charge in [0.05, 0.1) is 6.54 Å². The molecule has 1 atom stereocenters. The minimum Gasteiger partial charge on any atom is -0.382 e. The first-order chi connectivity index (χ1) is 7.39. The molecular weight excluding hydrogens is 227 g/mol. The standard InChI is InChI=1S/C8H10F3N3O2/c9-8(10,11)6(15)4-12-7(16)5-14-3-1-2-13-14/h1-3,6,15H,4-5H2,(H,12,16). The Kier molecular flexibility index (Phi) is 3.88. The SMILES string of the molecule is O=C(Cn1cccn1)NCC(O)C(F)(F)F. The molecule has 0 saturated heterocycles. The van der Waals surface area contributed by atoms with Crippen molar-refractivity contribution in [3.63, 3.8) is 0 Å². The maximum absolute atomic E-state index is 11.9. The van der Waals surface area contributed by atoms with E-state index >= 15 is 0 Å². The van der Waals surface area contributed by atoms with E-state index in [0.29, 0.717) is 0 Å². The highest BCUT2D eigenvalue weighted by Gasteiger charge is 2.38. The summed E-state index contributed by atoms with van der Waals surface area (Å²) in [5, 5.41) is 14.3. The van der Waals surface area contributed by atoms with Crippen LogP contribution in [0.1, 0.15) is 0 Å². The third-order valence-corrected chi connectivity index (χ3v) is 1.74. The van der Waals surface area contributed by atoms with Crippen molar-refractivity contribution in [3.05, 3.63) is 18.5 Å². The first kappa shape index (κ1) is 12.5. The van der Waals surface area contributed by atoms with Crippen LogP contribution in [-0.2, 0) is 11.3 Å². The average molecular weight is 237 g/mol. The molecule has 0 aliphatic heterocycles. The minimum atomic E-state index is -4.72. The number of aliphatic hydroxyl groups is 1. The van der Waals surface area contributed by atoms with Crippen LogP contribution in [0.5, 0.6) is 0 Å². The summed E-state index contributed by atoms with van der Waals surface area (Å²) in [5.41, 5.74) is 0. The van der Waals surface area contributed by atoms with Crippen LogP contribution in [0, 0.1) is 0 Å². The molecule has 0 aliphatic rings. The van der Waals surface area contributed by atoms with Crippen LogP contribution in [-0.4, -0.2) is 39.6 Å². The van der Waals surface area contributed by atoms with Gasteiger partial charge in [-0.15, -0.1) is 0 Å². The molecule has 1 heterocycles. The van der Waals surface area contributed by atoms with Gasteiger partial charge in [-0.1, -0.05) is 0 Å². The minimum absolute atomic E-state index is 0.183. The fourth-order valence-electron chi connectivity index (χ4n) is 0.923. The van der Waals surface area contributed by atoms with E-state index in [1.807, 2.05) is 5.32 Å². The van der Waals surface area contributed by atoms with E-state index in [4.69, 9.17) is 5.11 Å². The van der Waals surface area contributed by atoms with Gasteiger partial charge in [0.1, 0.15) is 6.54 Å². The zero-order valence-corrected chi connectivity index (χ0v) is 8.11. The van der Waals surface area contributed by atoms with Gasteiger partial charge in [0.15, 0.2) is 6.10 Å². The lowest BCUT2D eigenvalue weighted by Crippen LogP contribution is -2.41. The molecule has 0 fully saturated rings. The van der Waals surface area contributed by atoms with E-state index in [1.165, 1.54) is 17.1 Å². The molecule has 1 rings (SSSR count). The first-order valence-corrected chi connectivity index (χ1v) is 4.38. The van der Waals surface area contributed by atoms with Crippen molar-refractivity contribution in [3.8, 4) is 0 Å². The van der Waals surface area contributed by atoms with E-state index < -0.39 is 24.7 Å². The summed E-state index contributed by atoms with van der Waals surface area (Å²) < 4.78 is 36.8. The molecule has 1 aromatic heterocycles. The van der Waals surface area contributed by atoms with Crippen molar-refractivity contribution in [1.29, 1.82) is 0 Å². The van der Waals surface area contributed by atoms with Crippen molar-refractivity contribution in [2.75, 3.05) is 6.54 Å². The number of nitrogens with one attached hydrogen (secondary N) is 1. The van der Waals surface area contributed by atoms with Crippen LogP contribution in [0.3, 0.4) is 0 Å². The van der Waals surface area contributed by atoms with Crippen LogP contribution in [0.15, 0.2) is 18.5 Å². The lowest BCUT2D eigenvalue weighted by molar-refractivity contribution is -0.201. The number of aromatic nitrogens is 2. The number of aliphatic hydroxyl groups excluding tert-OH is 1. The molecular formula is C8H10F3N3O2. The largest absolute Gasteiger partial charge is 0.416 e. The second kappa shape index (κ2) is 4.97. The predicted octanol–water partition coefficient (Wildman–Crippen LogP) is -0.0775. The van der Waals surface area contributed by atoms with E-state index in [1.54, 1.807) is 6.07 Å². The zero-order chi connectivity index (χ0) is 12.2. The van der Waals surface area contributed by atoms with Crippen molar-refractivity contribution >= 4 is 5.91 Å². The molecule has 0 aliphatic carbocycles. The Morgan fingerprint density at radius 1 is 1.56 bits per heavy atom. The van der Waals surface area contributed by atoms with E-state index in [9.17, 15) is 18.0 Å². The fraction of sp³-hybridized carbons (Fsp3) is 0.500. The number of alkyl halides is 3. The van der Waals surface area contributed by atoms with Gasteiger partial charge in [0.25, 0.3) is 0 Å². The molecule has 1 aromatic rings. The average Bonchev–Trinajstić information content (AvgIpc) is 2.65. The number of amides is 1. The lowest BCUT2D eigenvalue weighted by atomic mass is 10.3. The van der Waals surface area contributed by atoms with Crippen LogP contribution >= 0.6 is 0 Å². The lowest BCUT2D eigenvalue weighted by Gasteiger charge is -2.14. The highest BCUT2D eigenvalue weighted by molar-refractivity contribution is 5.75. The Morgan fingerprint density at radius 3 is 2.75 bits per heavy atom. The first-order valence-electron chi connectivity index (χ1n) is 4.38. The number of halogens is 3. The number of carbonyl (C=O) groups excluding carboxylic acids is 1. The summed E-state index contributed by atoms with van der Waals surface area (Å²) in [4.78, 5) is 11.1. The topological polar surface area (TPSA) is 67.2 Å². The molecule has 5 nitrogen and oxygen atoms in total. The highest BCUT2D eigenvalue weighted by Crippen LogP contribution is 2.19. The Morgan fingerprint density at radius 2 is 2.25 bits per heavy atom. The van der Waals surface area contributed by atoms with Crippen molar-refractivity contribution in [2.45, 2.75) is 18.8 Å². The fourth-order valence-corrected chi connectivity index (χ4v) is 0.923. The molecule has 8 heteroatoms. The summed E-state index contributed by atoms with van der Waals surface area (Å²) in [6.45, 7) is -1.04. The summed E-state index contributed by atoms with van der Waals surface area (Å²) in [6, 6.07) is 1.58. The molecule has 1 amide bonds. The Balaban J connectivity index is 2.31. The smallest absolute Gasteiger partial charge is 0.382 e. The highest BCUT2D eigenvalue weighted by atomic mass is 19.4. The van der Waals surface area contributed by atoms with Crippen molar-refractivity contribution in [2.24, 2.45) is 0 Å². The number of hydrogen-bond acceptors (Lipinski definition) is 3. The molecule has 16 heavy (non-hydrogen) atoms. The second-order valence-corrected chi connectivity index (χ2v) is 3.07. The van der Waals surface area contributed by atoms with Crippen molar-refractivity contribution in [1.82, 2.24) is 15.1 Å². The summed E-state index contributed by atoms with van der Waals surface area (Å²) >= 11 is 0. The third-order valence-electron chi connectivity index (χ3n) is 1.74. The van der Waals surface area contributed by atoms with Crippen LogP contribution in [0.2, 0.25) is 0 Å². The number of carbonyl (C=O) groups is 1. The van der Waals surface area contributed by atoms with Crippen molar-refractivity contribution < 1.29 is 23.1 Å². The predicted molar refractivity (Wildman–Crippen MR) is 47.3 cm³/mol. The van der Waals surface area contributed by atoms with E-state index in [2.05, 4.69) is 5.10 Å². The van der Waals surface area contributed by atoms with Gasteiger partial charge in [-0.25, -0.2) is 0 Å². The maximum Gasteiger partial charge on any atom is 0.416 e. The molecule has 90 valence electrons. The van der Waals surface area contributed by atoms with Crippen LogP contribution in [0.4, 0.5) is 13.2 Å². The van der Waals surface area contributed by atoms with Gasteiger partial charge >= 0.3 is 6.18 Å². The van der Waals surface area contributed by atoms with Crippen LogP contribution < -0.4 is 5.32 Å². The molecule has 0 bridgehead atoms. The molecule has 1 unspecified atom stereocenters. The van der Waals surface area contributed by atoms with Crippen LogP contribution in [0.25, 0.3) is 0 Å². The Bertz CT molecular complexity index is 337. The second-order valence-electron chi connectivity index (χ2n) is 3.07. The summed E-state index contributed by atoms with van der Waals surface area (Å²) in [7, 11) is 0. The Hall–Kier alpha value is -1.57. The molecule has 0 radical (unpaired) electrons. The van der Waals surface area contributed by atoms with E-state index in [-0.39, 0.29) is 6.54 Å². The molecule has 2 N–H and O–H groups in total. The van der Waals surface area contributed by atoms with Gasteiger partial charge in [-0.2, -0.15) is 18.3 Å². The number of nitrogens with zero attached hydrogens (tertiary/aromatic N) is 2. The number of hydrogen-bond donors (Lipinski definition) is 2. The molecule has 0 saturated carbocycles. The van der Waals surface area contributed by atoms with Gasteiger partial charge < -0.3 is 10.4 Å².